The molecule has 184 valence electrons. The summed E-state index contributed by atoms with van der Waals surface area (Å²) in [6.07, 6.45) is 3.84. The van der Waals surface area contributed by atoms with Crippen molar-refractivity contribution in [1.29, 1.82) is 0 Å². The van der Waals surface area contributed by atoms with Crippen LogP contribution in [-0.4, -0.2) is 26.4 Å². The van der Waals surface area contributed by atoms with Gasteiger partial charge in [-0.25, -0.2) is 0 Å². The van der Waals surface area contributed by atoms with Crippen LogP contribution < -0.4 is 14.2 Å². The Morgan fingerprint density at radius 1 is 0.361 bits per heavy atom. The van der Waals surface area contributed by atoms with Crippen LogP contribution in [0.15, 0.2) is 97.1 Å². The maximum absolute atomic E-state index is 6.61. The van der Waals surface area contributed by atoms with E-state index in [2.05, 4.69) is 24.3 Å². The van der Waals surface area contributed by atoms with Crippen molar-refractivity contribution in [2.24, 2.45) is 0 Å². The third-order valence-corrected chi connectivity index (χ3v) is 6.23. The normalized spacial score (nSPS) is 14.9. The molecule has 4 nitrogen and oxygen atoms in total. The first-order valence-corrected chi connectivity index (χ1v) is 12.8. The van der Waals surface area contributed by atoms with Gasteiger partial charge in [0, 0.05) is 35.5 Å². The molecule has 36 heavy (non-hydrogen) atoms. The fraction of sp³-hybridized carbons (Fsp3) is 0.250. The fourth-order valence-corrected chi connectivity index (χ4v) is 4.38. The second-order valence-corrected chi connectivity index (χ2v) is 8.81. The molecule has 0 unspecified atom stereocenters. The summed E-state index contributed by atoms with van der Waals surface area (Å²) in [4.78, 5) is 0. The lowest BCUT2D eigenvalue weighted by atomic mass is 10.0. The fourth-order valence-electron chi connectivity index (χ4n) is 4.38. The summed E-state index contributed by atoms with van der Waals surface area (Å²) in [7, 11) is 0. The van der Waals surface area contributed by atoms with Gasteiger partial charge in [-0.2, -0.15) is 0 Å². The average Bonchev–Trinajstić information content (AvgIpc) is 2.92. The van der Waals surface area contributed by atoms with E-state index in [1.165, 1.54) is 0 Å². The van der Waals surface area contributed by atoms with Crippen LogP contribution >= 0.6 is 0 Å². The molecule has 0 fully saturated rings. The Morgan fingerprint density at radius 2 is 0.694 bits per heavy atom. The summed E-state index contributed by atoms with van der Waals surface area (Å²) < 4.78 is 24.9. The number of hydrogen-bond acceptors (Lipinski definition) is 4. The molecule has 0 atom stereocenters. The minimum Gasteiger partial charge on any atom is -0.493 e. The van der Waals surface area contributed by atoms with Gasteiger partial charge in [-0.15, -0.1) is 0 Å². The van der Waals surface area contributed by atoms with Gasteiger partial charge in [0.2, 0.25) is 0 Å². The number of benzene rings is 4. The summed E-state index contributed by atoms with van der Waals surface area (Å²) in [6.45, 7) is 2.80. The topological polar surface area (TPSA) is 36.9 Å². The molecule has 4 heteroatoms. The quantitative estimate of drug-likeness (QED) is 0.254. The highest BCUT2D eigenvalue weighted by molar-refractivity contribution is 5.79. The Balaban J connectivity index is 1.54. The molecular formula is C32H32O4. The number of rotatable bonds is 0. The lowest BCUT2D eigenvalue weighted by molar-refractivity contribution is 0.119. The molecule has 5 rings (SSSR count). The Hall–Kier alpha value is -3.76. The molecule has 1 aliphatic heterocycles. The Labute approximate surface area is 213 Å². The van der Waals surface area contributed by atoms with Crippen LogP contribution in [0.4, 0.5) is 0 Å². The first-order chi connectivity index (χ1) is 17.9. The minimum absolute atomic E-state index is 0.650. The standard InChI is InChI=1S/C32H32O4/c1-5-17-29-25(13-1)27-15-3-7-19-31(27)36-32-20-8-4-16-28(32)26-14-2-6-18-30(26)35-24-12-10-22-33-21-9-11-23-34-29/h1-8,13-20H,9-12,21-24H2. The zero-order valence-electron chi connectivity index (χ0n) is 20.5. The van der Waals surface area contributed by atoms with Crippen LogP contribution in [0, 0.1) is 0 Å². The maximum Gasteiger partial charge on any atom is 0.135 e. The number of fused-ring (bicyclic) bond motifs is 6. The van der Waals surface area contributed by atoms with Crippen LogP contribution in [-0.2, 0) is 4.74 Å². The highest BCUT2D eigenvalue weighted by atomic mass is 16.5. The molecule has 0 radical (unpaired) electrons. The van der Waals surface area contributed by atoms with E-state index >= 15 is 0 Å². The highest BCUT2D eigenvalue weighted by Crippen LogP contribution is 2.42. The second kappa shape index (κ2) is 12.3. The molecule has 0 aliphatic carbocycles. The van der Waals surface area contributed by atoms with Crippen molar-refractivity contribution in [3.63, 3.8) is 0 Å². The molecular weight excluding hydrogens is 448 g/mol. The summed E-state index contributed by atoms with van der Waals surface area (Å²) in [5.41, 5.74) is 4.01. The predicted molar refractivity (Wildman–Crippen MR) is 144 cm³/mol. The monoisotopic (exact) mass is 480 g/mol. The van der Waals surface area contributed by atoms with Crippen molar-refractivity contribution >= 4 is 0 Å². The van der Waals surface area contributed by atoms with Crippen molar-refractivity contribution in [1.82, 2.24) is 0 Å². The van der Waals surface area contributed by atoms with Gasteiger partial charge in [-0.05, 0) is 49.9 Å². The highest BCUT2D eigenvalue weighted by Gasteiger charge is 2.16. The van der Waals surface area contributed by atoms with Crippen LogP contribution in [0.3, 0.4) is 0 Å². The zero-order valence-corrected chi connectivity index (χ0v) is 20.5. The predicted octanol–water partition coefficient (Wildman–Crippen LogP) is 8.16. The van der Waals surface area contributed by atoms with Gasteiger partial charge < -0.3 is 18.9 Å². The Morgan fingerprint density at radius 3 is 1.14 bits per heavy atom. The van der Waals surface area contributed by atoms with E-state index in [0.29, 0.717) is 13.2 Å². The molecule has 0 amide bonds. The van der Waals surface area contributed by atoms with Gasteiger partial charge in [-0.1, -0.05) is 72.8 Å². The van der Waals surface area contributed by atoms with Crippen molar-refractivity contribution in [3.8, 4) is 45.3 Å². The lowest BCUT2D eigenvalue weighted by Crippen LogP contribution is -2.05. The van der Waals surface area contributed by atoms with Crippen molar-refractivity contribution in [2.45, 2.75) is 25.7 Å². The van der Waals surface area contributed by atoms with E-state index in [4.69, 9.17) is 18.9 Å². The SMILES string of the molecule is c1ccc2c(c1)OCCCCOCCCCOc1ccccc1-c1ccccc1Oc1ccccc1-2. The van der Waals surface area contributed by atoms with Gasteiger partial charge in [0.05, 0.1) is 13.2 Å². The minimum atomic E-state index is 0.650. The summed E-state index contributed by atoms with van der Waals surface area (Å²) in [5, 5.41) is 0. The summed E-state index contributed by atoms with van der Waals surface area (Å²) in [6, 6.07) is 32.5. The molecule has 0 bridgehead atoms. The number of hydrogen-bond donors (Lipinski definition) is 0. The van der Waals surface area contributed by atoms with E-state index in [1.54, 1.807) is 0 Å². The van der Waals surface area contributed by atoms with E-state index in [-0.39, 0.29) is 0 Å². The van der Waals surface area contributed by atoms with Gasteiger partial charge in [0.15, 0.2) is 0 Å². The van der Waals surface area contributed by atoms with Crippen molar-refractivity contribution < 1.29 is 18.9 Å². The Bertz CT molecular complexity index is 1170. The molecule has 4 aromatic rings. The molecule has 4 aromatic carbocycles. The van der Waals surface area contributed by atoms with Gasteiger partial charge in [0.25, 0.3) is 0 Å². The van der Waals surface area contributed by atoms with Crippen LogP contribution in [0.2, 0.25) is 0 Å². The lowest BCUT2D eigenvalue weighted by Gasteiger charge is -2.18. The average molecular weight is 481 g/mol. The Kier molecular flexibility index (Phi) is 8.17. The van der Waals surface area contributed by atoms with Crippen LogP contribution in [0.5, 0.6) is 23.0 Å². The molecule has 0 N–H and O–H groups in total. The largest absolute Gasteiger partial charge is 0.493 e. The molecule has 1 heterocycles. The smallest absolute Gasteiger partial charge is 0.135 e. The number of para-hydroxylation sites is 4. The first-order valence-electron chi connectivity index (χ1n) is 12.8. The van der Waals surface area contributed by atoms with E-state index in [1.807, 2.05) is 72.8 Å². The van der Waals surface area contributed by atoms with Crippen molar-refractivity contribution in [2.75, 3.05) is 26.4 Å². The summed E-state index contributed by atoms with van der Waals surface area (Å²) in [5.74, 6) is 3.27. The maximum atomic E-state index is 6.61. The molecule has 0 spiro atoms. The molecule has 0 saturated heterocycles. The molecule has 0 aromatic heterocycles. The van der Waals surface area contributed by atoms with Gasteiger partial charge in [-0.3, -0.25) is 0 Å². The first kappa shape index (κ1) is 24.0. The van der Waals surface area contributed by atoms with Crippen LogP contribution in [0.25, 0.3) is 22.3 Å². The third kappa shape index (κ3) is 5.89. The third-order valence-electron chi connectivity index (χ3n) is 6.23. The molecule has 0 saturated carbocycles. The van der Waals surface area contributed by atoms with Crippen molar-refractivity contribution in [3.05, 3.63) is 97.1 Å². The van der Waals surface area contributed by atoms with Gasteiger partial charge in [0.1, 0.15) is 23.0 Å². The second-order valence-electron chi connectivity index (χ2n) is 8.81. The van der Waals surface area contributed by atoms with Gasteiger partial charge >= 0.3 is 0 Å². The van der Waals surface area contributed by atoms with E-state index < -0.39 is 0 Å². The summed E-state index contributed by atoms with van der Waals surface area (Å²) >= 11 is 0. The van der Waals surface area contributed by atoms with Crippen LogP contribution in [0.1, 0.15) is 25.7 Å². The van der Waals surface area contributed by atoms with E-state index in [0.717, 1.165) is 84.1 Å². The zero-order chi connectivity index (χ0) is 24.4. The van der Waals surface area contributed by atoms with E-state index in [9.17, 15) is 0 Å². The molecule has 1 aliphatic rings. The number of ether oxygens (including phenoxy) is 4.